The summed E-state index contributed by atoms with van der Waals surface area (Å²) in [6.07, 6.45) is 4.63. The first-order valence-corrected chi connectivity index (χ1v) is 5.51. The molecule has 0 bridgehead atoms. The molecule has 14 heavy (non-hydrogen) atoms. The van der Waals surface area contributed by atoms with Gasteiger partial charge in [-0.25, -0.2) is 0 Å². The van der Waals surface area contributed by atoms with Crippen LogP contribution in [0.3, 0.4) is 0 Å². The van der Waals surface area contributed by atoms with Crippen molar-refractivity contribution in [1.29, 1.82) is 0 Å². The number of hydrogen-bond acceptors (Lipinski definition) is 2. The van der Waals surface area contributed by atoms with E-state index in [4.69, 9.17) is 0 Å². The monoisotopic (exact) mass is 193 g/mol. The third kappa shape index (κ3) is 1.82. The van der Waals surface area contributed by atoms with Crippen molar-refractivity contribution in [3.05, 3.63) is 18.0 Å². The second kappa shape index (κ2) is 4.13. The molecule has 3 heteroatoms. The first kappa shape index (κ1) is 9.71. The topological polar surface area (TPSA) is 29.9 Å². The van der Waals surface area contributed by atoms with Crippen LogP contribution in [0.25, 0.3) is 0 Å². The third-order valence-corrected chi connectivity index (χ3v) is 3.11. The van der Waals surface area contributed by atoms with Crippen LogP contribution in [0, 0.1) is 5.92 Å². The fraction of sp³-hybridized carbons (Fsp3) is 0.727. The third-order valence-electron chi connectivity index (χ3n) is 3.11. The molecule has 1 aliphatic rings. The largest absolute Gasteiger partial charge is 0.316 e. The summed E-state index contributed by atoms with van der Waals surface area (Å²) in [6, 6.07) is 2.15. The maximum absolute atomic E-state index is 4.50. The molecule has 1 aliphatic heterocycles. The lowest BCUT2D eigenvalue weighted by atomic mass is 9.89. The van der Waals surface area contributed by atoms with Crippen LogP contribution in [0.5, 0.6) is 0 Å². The quantitative estimate of drug-likeness (QED) is 0.789. The Labute approximate surface area is 85.5 Å². The molecule has 2 heterocycles. The highest BCUT2D eigenvalue weighted by Gasteiger charge is 2.28. The van der Waals surface area contributed by atoms with Crippen molar-refractivity contribution in [1.82, 2.24) is 15.1 Å². The summed E-state index contributed by atoms with van der Waals surface area (Å²) in [6.45, 7) is 4.52. The molecule has 0 radical (unpaired) electrons. The summed E-state index contributed by atoms with van der Waals surface area (Å²) in [5.41, 5.74) is 1.26. The fourth-order valence-corrected chi connectivity index (χ4v) is 2.38. The second-order valence-corrected chi connectivity index (χ2v) is 4.23. The van der Waals surface area contributed by atoms with Gasteiger partial charge in [0.2, 0.25) is 0 Å². The zero-order chi connectivity index (χ0) is 9.97. The van der Waals surface area contributed by atoms with Crippen LogP contribution >= 0.6 is 0 Å². The molecule has 3 nitrogen and oxygen atoms in total. The normalized spacial score (nSPS) is 27.0. The molecule has 78 valence electrons. The lowest BCUT2D eigenvalue weighted by molar-refractivity contribution is 0.463. The van der Waals surface area contributed by atoms with Gasteiger partial charge in [0.15, 0.2) is 0 Å². The molecule has 0 spiro atoms. The average Bonchev–Trinajstić information content (AvgIpc) is 2.74. The van der Waals surface area contributed by atoms with Gasteiger partial charge < -0.3 is 5.32 Å². The lowest BCUT2D eigenvalue weighted by Gasteiger charge is -2.15. The van der Waals surface area contributed by atoms with Gasteiger partial charge in [0, 0.05) is 25.7 Å². The van der Waals surface area contributed by atoms with Crippen LogP contribution in [-0.4, -0.2) is 22.9 Å². The van der Waals surface area contributed by atoms with E-state index in [-0.39, 0.29) is 0 Å². The highest BCUT2D eigenvalue weighted by Crippen LogP contribution is 2.29. The van der Waals surface area contributed by atoms with Crippen LogP contribution in [0.4, 0.5) is 0 Å². The lowest BCUT2D eigenvalue weighted by Crippen LogP contribution is -2.11. The maximum Gasteiger partial charge on any atom is 0.0671 e. The van der Waals surface area contributed by atoms with E-state index in [1.165, 1.54) is 18.5 Å². The van der Waals surface area contributed by atoms with E-state index < -0.39 is 0 Å². The summed E-state index contributed by atoms with van der Waals surface area (Å²) < 4.78 is 1.90. The second-order valence-electron chi connectivity index (χ2n) is 4.23. The number of rotatable bonds is 3. The van der Waals surface area contributed by atoms with E-state index >= 15 is 0 Å². The standard InChI is InChI=1S/C11H19N3/c1-3-4-9-7-12-8-10(9)11-5-6-14(2)13-11/h5-6,9-10,12H,3-4,7-8H2,1-2H3/t9-,10-/m0/s1. The molecule has 0 aliphatic carbocycles. The molecule has 1 aromatic heterocycles. The van der Waals surface area contributed by atoms with E-state index in [1.54, 1.807) is 0 Å². The predicted molar refractivity (Wildman–Crippen MR) is 57.2 cm³/mol. The highest BCUT2D eigenvalue weighted by atomic mass is 15.2. The minimum Gasteiger partial charge on any atom is -0.316 e. The van der Waals surface area contributed by atoms with Crippen LogP contribution in [-0.2, 0) is 7.05 Å². The van der Waals surface area contributed by atoms with Gasteiger partial charge in [0.25, 0.3) is 0 Å². The Hall–Kier alpha value is -0.830. The molecule has 1 N–H and O–H groups in total. The molecule has 1 aromatic rings. The first-order valence-electron chi connectivity index (χ1n) is 5.51. The number of hydrogen-bond donors (Lipinski definition) is 1. The van der Waals surface area contributed by atoms with Crippen LogP contribution in [0.1, 0.15) is 31.4 Å². The van der Waals surface area contributed by atoms with Crippen molar-refractivity contribution >= 4 is 0 Å². The van der Waals surface area contributed by atoms with Gasteiger partial charge in [-0.1, -0.05) is 13.3 Å². The average molecular weight is 193 g/mol. The Morgan fingerprint density at radius 1 is 1.57 bits per heavy atom. The SMILES string of the molecule is CCC[C@H]1CNC[C@@H]1c1ccn(C)n1. The molecule has 1 saturated heterocycles. The molecule has 1 fully saturated rings. The summed E-state index contributed by atoms with van der Waals surface area (Å²) in [7, 11) is 1.99. The van der Waals surface area contributed by atoms with Crippen LogP contribution in [0.2, 0.25) is 0 Å². The summed E-state index contributed by atoms with van der Waals surface area (Å²) >= 11 is 0. The van der Waals surface area contributed by atoms with E-state index in [9.17, 15) is 0 Å². The molecular weight excluding hydrogens is 174 g/mol. The van der Waals surface area contributed by atoms with Crippen molar-refractivity contribution in [2.24, 2.45) is 13.0 Å². The van der Waals surface area contributed by atoms with Gasteiger partial charge >= 0.3 is 0 Å². The van der Waals surface area contributed by atoms with Crippen molar-refractivity contribution < 1.29 is 0 Å². The van der Waals surface area contributed by atoms with Crippen LogP contribution < -0.4 is 5.32 Å². The molecule has 0 aromatic carbocycles. The maximum atomic E-state index is 4.50. The Balaban J connectivity index is 2.09. The molecule has 0 unspecified atom stereocenters. The van der Waals surface area contributed by atoms with E-state index in [0.717, 1.165) is 19.0 Å². The van der Waals surface area contributed by atoms with Crippen molar-refractivity contribution in [3.8, 4) is 0 Å². The molecule has 0 saturated carbocycles. The molecule has 2 rings (SSSR count). The summed E-state index contributed by atoms with van der Waals surface area (Å²) in [5.74, 6) is 1.42. The van der Waals surface area contributed by atoms with Gasteiger partial charge in [0.05, 0.1) is 5.69 Å². The Morgan fingerprint density at radius 2 is 2.43 bits per heavy atom. The number of aryl methyl sites for hydroxylation is 1. The first-order chi connectivity index (χ1) is 6.81. The minimum atomic E-state index is 0.635. The van der Waals surface area contributed by atoms with Crippen molar-refractivity contribution in [3.63, 3.8) is 0 Å². The van der Waals surface area contributed by atoms with E-state index in [0.29, 0.717) is 5.92 Å². The zero-order valence-electron chi connectivity index (χ0n) is 9.03. The molecular formula is C11H19N3. The Bertz CT molecular complexity index is 292. The summed E-state index contributed by atoms with van der Waals surface area (Å²) in [5, 5.41) is 7.97. The van der Waals surface area contributed by atoms with Gasteiger partial charge in [-0.2, -0.15) is 5.10 Å². The van der Waals surface area contributed by atoms with Gasteiger partial charge in [0.1, 0.15) is 0 Å². The molecule has 2 atom stereocenters. The summed E-state index contributed by atoms with van der Waals surface area (Å²) in [4.78, 5) is 0. The minimum absolute atomic E-state index is 0.635. The number of nitrogens with one attached hydrogen (secondary N) is 1. The number of nitrogens with zero attached hydrogens (tertiary/aromatic N) is 2. The Kier molecular flexibility index (Phi) is 2.87. The van der Waals surface area contributed by atoms with Crippen molar-refractivity contribution in [2.45, 2.75) is 25.7 Å². The van der Waals surface area contributed by atoms with Crippen LogP contribution in [0.15, 0.2) is 12.3 Å². The van der Waals surface area contributed by atoms with Crippen molar-refractivity contribution in [2.75, 3.05) is 13.1 Å². The Morgan fingerprint density at radius 3 is 3.07 bits per heavy atom. The molecule has 0 amide bonds. The zero-order valence-corrected chi connectivity index (χ0v) is 9.03. The highest BCUT2D eigenvalue weighted by molar-refractivity contribution is 5.11. The number of aromatic nitrogens is 2. The fourth-order valence-electron chi connectivity index (χ4n) is 2.38. The predicted octanol–water partition coefficient (Wildman–Crippen LogP) is 1.52. The smallest absolute Gasteiger partial charge is 0.0671 e. The van der Waals surface area contributed by atoms with Gasteiger partial charge in [-0.05, 0) is 24.9 Å². The van der Waals surface area contributed by atoms with E-state index in [2.05, 4.69) is 23.4 Å². The van der Waals surface area contributed by atoms with Gasteiger partial charge in [-0.3, -0.25) is 4.68 Å². The van der Waals surface area contributed by atoms with Gasteiger partial charge in [-0.15, -0.1) is 0 Å². The van der Waals surface area contributed by atoms with E-state index in [1.807, 2.05) is 17.9 Å².